The molecule has 3 heteroatoms. The fourth-order valence-electron chi connectivity index (χ4n) is 1.46. The van der Waals surface area contributed by atoms with E-state index in [1.165, 1.54) is 5.56 Å². The van der Waals surface area contributed by atoms with Crippen molar-refractivity contribution in [1.29, 1.82) is 0 Å². The first kappa shape index (κ1) is 11.1. The molecule has 0 bridgehead atoms. The Bertz CT molecular complexity index is 466. The number of aryl methyl sites for hydroxylation is 1. The minimum atomic E-state index is 0.881. The molecular weight excluding hydrogens is 264 g/mol. The van der Waals surface area contributed by atoms with Crippen molar-refractivity contribution in [3.63, 3.8) is 0 Å². The van der Waals surface area contributed by atoms with Crippen LogP contribution in [0.15, 0.2) is 41.0 Å². The maximum Gasteiger partial charge on any atom is 0.131 e. The van der Waals surface area contributed by atoms with Crippen molar-refractivity contribution in [3.8, 4) is 0 Å². The summed E-state index contributed by atoms with van der Waals surface area (Å²) in [6, 6.07) is 10.4. The van der Waals surface area contributed by atoms with Crippen LogP contribution < -0.4 is 0 Å². The Balaban J connectivity index is 2.00. The molecule has 0 amide bonds. The van der Waals surface area contributed by atoms with Crippen molar-refractivity contribution in [2.45, 2.75) is 13.3 Å². The van der Waals surface area contributed by atoms with Gasteiger partial charge in [0.2, 0.25) is 0 Å². The van der Waals surface area contributed by atoms with Crippen LogP contribution in [0.1, 0.15) is 17.1 Å². The van der Waals surface area contributed by atoms with Gasteiger partial charge in [-0.3, -0.25) is 0 Å². The minimum absolute atomic E-state index is 0.881. The molecule has 0 saturated carbocycles. The summed E-state index contributed by atoms with van der Waals surface area (Å²) in [5.41, 5.74) is 2.36. The van der Waals surface area contributed by atoms with Crippen LogP contribution in [0, 0.1) is 6.92 Å². The van der Waals surface area contributed by atoms with E-state index in [-0.39, 0.29) is 0 Å². The van der Waals surface area contributed by atoms with Gasteiger partial charge in [0.25, 0.3) is 0 Å². The number of aromatic nitrogens is 2. The fraction of sp³-hybridized carbons (Fsp3) is 0.154. The van der Waals surface area contributed by atoms with Gasteiger partial charge in [0.05, 0.1) is 0 Å². The molecule has 2 nitrogen and oxygen atoms in total. The second kappa shape index (κ2) is 5.12. The first-order valence-electron chi connectivity index (χ1n) is 5.18. The minimum Gasteiger partial charge on any atom is -0.342 e. The summed E-state index contributed by atoms with van der Waals surface area (Å²) in [6.45, 7) is 1.99. The topological polar surface area (TPSA) is 28.7 Å². The zero-order valence-electron chi connectivity index (χ0n) is 9.07. The van der Waals surface area contributed by atoms with Crippen LogP contribution in [0.2, 0.25) is 0 Å². The number of hydrogen-bond acceptors (Lipinski definition) is 1. The van der Waals surface area contributed by atoms with Gasteiger partial charge in [-0.15, -0.1) is 0 Å². The van der Waals surface area contributed by atoms with Crippen molar-refractivity contribution < 1.29 is 0 Å². The second-order valence-electron chi connectivity index (χ2n) is 3.63. The fourth-order valence-corrected chi connectivity index (χ4v) is 1.75. The van der Waals surface area contributed by atoms with E-state index < -0.39 is 0 Å². The number of benzene rings is 1. The van der Waals surface area contributed by atoms with Crippen LogP contribution in [0.5, 0.6) is 0 Å². The molecule has 0 saturated heterocycles. The highest BCUT2D eigenvalue weighted by molar-refractivity contribution is 9.10. The Hall–Kier alpha value is -1.35. The first-order valence-corrected chi connectivity index (χ1v) is 5.97. The van der Waals surface area contributed by atoms with E-state index in [1.807, 2.05) is 19.1 Å². The summed E-state index contributed by atoms with van der Waals surface area (Å²) < 4.78 is 0.881. The molecule has 0 spiro atoms. The average molecular weight is 277 g/mol. The number of hydrogen-bond donors (Lipinski definition) is 1. The highest BCUT2D eigenvalue weighted by Crippen LogP contribution is 2.13. The molecule has 0 unspecified atom stereocenters. The van der Waals surface area contributed by atoms with Crippen molar-refractivity contribution in [2.24, 2.45) is 0 Å². The van der Waals surface area contributed by atoms with E-state index in [0.29, 0.717) is 0 Å². The van der Waals surface area contributed by atoms with Gasteiger partial charge < -0.3 is 4.98 Å². The molecule has 2 rings (SSSR count). The smallest absolute Gasteiger partial charge is 0.131 e. The van der Waals surface area contributed by atoms with Crippen molar-refractivity contribution >= 4 is 22.0 Å². The van der Waals surface area contributed by atoms with Gasteiger partial charge in [-0.2, -0.15) is 0 Å². The maximum absolute atomic E-state index is 4.32. The highest BCUT2D eigenvalue weighted by Gasteiger charge is 1.99. The summed E-state index contributed by atoms with van der Waals surface area (Å²) >= 11 is 3.38. The number of nitrogens with one attached hydrogen (secondary N) is 1. The standard InChI is InChI=1S/C13H13BrN2/c1-10-13(14)16-12(15-10)9-5-8-11-6-3-2-4-7-11/h2-7,9H,8H2,1H3,(H,15,16). The van der Waals surface area contributed by atoms with Gasteiger partial charge in [-0.1, -0.05) is 36.4 Å². The summed E-state index contributed by atoms with van der Waals surface area (Å²) in [4.78, 5) is 7.50. The van der Waals surface area contributed by atoms with Crippen molar-refractivity contribution in [3.05, 3.63) is 58.1 Å². The van der Waals surface area contributed by atoms with Gasteiger partial charge in [0.1, 0.15) is 10.4 Å². The third-order valence-corrected chi connectivity index (χ3v) is 3.09. The Morgan fingerprint density at radius 3 is 2.69 bits per heavy atom. The predicted molar refractivity (Wildman–Crippen MR) is 70.2 cm³/mol. The van der Waals surface area contributed by atoms with Gasteiger partial charge in [-0.25, -0.2) is 4.98 Å². The highest BCUT2D eigenvalue weighted by atomic mass is 79.9. The Labute approximate surface area is 104 Å². The van der Waals surface area contributed by atoms with Crippen LogP contribution in [-0.2, 0) is 6.42 Å². The molecule has 1 aromatic heterocycles. The van der Waals surface area contributed by atoms with Crippen LogP contribution in [0.25, 0.3) is 6.08 Å². The van der Waals surface area contributed by atoms with Gasteiger partial charge in [-0.05, 0) is 40.9 Å². The molecule has 1 heterocycles. The van der Waals surface area contributed by atoms with Crippen molar-refractivity contribution in [2.75, 3.05) is 0 Å². The number of allylic oxidation sites excluding steroid dienone is 1. The third kappa shape index (κ3) is 2.83. The molecule has 2 aromatic rings. The monoisotopic (exact) mass is 276 g/mol. The molecule has 0 atom stereocenters. The van der Waals surface area contributed by atoms with E-state index in [9.17, 15) is 0 Å². The largest absolute Gasteiger partial charge is 0.342 e. The number of nitrogens with zero attached hydrogens (tertiary/aromatic N) is 1. The lowest BCUT2D eigenvalue weighted by molar-refractivity contribution is 1.21. The zero-order valence-corrected chi connectivity index (χ0v) is 10.7. The molecule has 0 aliphatic carbocycles. The molecule has 1 aromatic carbocycles. The quantitative estimate of drug-likeness (QED) is 0.909. The number of H-pyrrole nitrogens is 1. The molecule has 1 N–H and O–H groups in total. The predicted octanol–water partition coefficient (Wildman–Crippen LogP) is 3.74. The summed E-state index contributed by atoms with van der Waals surface area (Å²) in [7, 11) is 0. The Kier molecular flexibility index (Phi) is 3.57. The number of aromatic amines is 1. The van der Waals surface area contributed by atoms with E-state index >= 15 is 0 Å². The van der Waals surface area contributed by atoms with E-state index in [1.54, 1.807) is 0 Å². The average Bonchev–Trinajstić information content (AvgIpc) is 2.60. The van der Waals surface area contributed by atoms with E-state index in [2.05, 4.69) is 56.2 Å². The lowest BCUT2D eigenvalue weighted by Crippen LogP contribution is -1.80. The lowest BCUT2D eigenvalue weighted by Gasteiger charge is -1.93. The number of imidazole rings is 1. The molecule has 16 heavy (non-hydrogen) atoms. The van der Waals surface area contributed by atoms with Crippen LogP contribution in [0.4, 0.5) is 0 Å². The van der Waals surface area contributed by atoms with Crippen LogP contribution in [-0.4, -0.2) is 9.97 Å². The maximum atomic E-state index is 4.32. The number of rotatable bonds is 3. The first-order chi connectivity index (χ1) is 7.75. The normalized spacial score (nSPS) is 11.1. The summed E-state index contributed by atoms with van der Waals surface area (Å²) in [6.07, 6.45) is 5.04. The molecule has 82 valence electrons. The van der Waals surface area contributed by atoms with Crippen LogP contribution >= 0.6 is 15.9 Å². The Morgan fingerprint density at radius 2 is 2.06 bits per heavy atom. The van der Waals surface area contributed by atoms with Crippen molar-refractivity contribution in [1.82, 2.24) is 9.97 Å². The van der Waals surface area contributed by atoms with Gasteiger partial charge >= 0.3 is 0 Å². The van der Waals surface area contributed by atoms with Crippen LogP contribution in [0.3, 0.4) is 0 Å². The van der Waals surface area contributed by atoms with Gasteiger partial charge in [0.15, 0.2) is 0 Å². The lowest BCUT2D eigenvalue weighted by atomic mass is 10.1. The van der Waals surface area contributed by atoms with E-state index in [0.717, 1.165) is 22.5 Å². The second-order valence-corrected chi connectivity index (χ2v) is 4.38. The molecule has 0 fully saturated rings. The SMILES string of the molecule is Cc1[nH]c(C=CCc2ccccc2)nc1Br. The molecule has 0 aliphatic heterocycles. The van der Waals surface area contributed by atoms with Gasteiger partial charge in [0, 0.05) is 5.69 Å². The zero-order chi connectivity index (χ0) is 11.4. The molecule has 0 radical (unpaired) electrons. The summed E-state index contributed by atoms with van der Waals surface area (Å²) in [5, 5.41) is 0. The Morgan fingerprint density at radius 1 is 1.31 bits per heavy atom. The molecule has 0 aliphatic rings. The summed E-state index contributed by atoms with van der Waals surface area (Å²) in [5.74, 6) is 0.889. The third-order valence-electron chi connectivity index (χ3n) is 2.32. The molecular formula is C13H13BrN2. The van der Waals surface area contributed by atoms with E-state index in [4.69, 9.17) is 0 Å². The number of halogens is 1.